The van der Waals surface area contributed by atoms with E-state index in [2.05, 4.69) is 41.7 Å². The summed E-state index contributed by atoms with van der Waals surface area (Å²) < 4.78 is 0. The van der Waals surface area contributed by atoms with E-state index in [4.69, 9.17) is 0 Å². The minimum Gasteiger partial charge on any atom is -0.355 e. The number of benzene rings is 2. The largest absolute Gasteiger partial charge is 0.355 e. The Hall–Kier alpha value is -1.74. The van der Waals surface area contributed by atoms with Crippen LogP contribution in [-0.4, -0.2) is 23.5 Å². The van der Waals surface area contributed by atoms with E-state index < -0.39 is 0 Å². The second-order valence-electron chi connectivity index (χ2n) is 6.37. The quantitative estimate of drug-likeness (QED) is 0.742. The zero-order valence-electron chi connectivity index (χ0n) is 14.0. The fraction of sp³-hybridized carbons (Fsp3) is 0.381. The van der Waals surface area contributed by atoms with Gasteiger partial charge >= 0.3 is 0 Å². The Labute approximate surface area is 149 Å². The zero-order valence-corrected chi connectivity index (χ0v) is 14.9. The predicted octanol–water partition coefficient (Wildman–Crippen LogP) is 4.69. The molecule has 24 heavy (non-hydrogen) atoms. The van der Waals surface area contributed by atoms with Crippen molar-refractivity contribution in [2.24, 2.45) is 0 Å². The molecule has 1 fully saturated rings. The van der Waals surface area contributed by atoms with E-state index >= 15 is 0 Å². The number of thioether (sulfide) groups is 1. The number of amides is 1. The van der Waals surface area contributed by atoms with Crippen molar-refractivity contribution in [3.05, 3.63) is 60.2 Å². The maximum absolute atomic E-state index is 12.0. The van der Waals surface area contributed by atoms with Crippen LogP contribution in [0, 0.1) is 0 Å². The summed E-state index contributed by atoms with van der Waals surface area (Å²) in [6, 6.07) is 18.6. The molecule has 0 aromatic heterocycles. The van der Waals surface area contributed by atoms with E-state index in [9.17, 15) is 4.79 Å². The minimum absolute atomic E-state index is 0.120. The number of hydrogen-bond donors (Lipinski definition) is 1. The average molecular weight is 340 g/mol. The molecule has 3 heteroatoms. The Morgan fingerprint density at radius 1 is 0.958 bits per heavy atom. The Morgan fingerprint density at radius 2 is 1.62 bits per heavy atom. The summed E-state index contributed by atoms with van der Waals surface area (Å²) in [6.45, 7) is 0.780. The lowest BCUT2D eigenvalue weighted by Gasteiger charge is -2.09. The highest BCUT2D eigenvalue weighted by Gasteiger charge is 2.14. The molecule has 2 aromatic rings. The fourth-order valence-electron chi connectivity index (χ4n) is 3.16. The van der Waals surface area contributed by atoms with Crippen LogP contribution in [-0.2, 0) is 11.2 Å². The van der Waals surface area contributed by atoms with Crippen LogP contribution in [0.25, 0.3) is 11.1 Å². The first-order valence-electron chi connectivity index (χ1n) is 8.84. The topological polar surface area (TPSA) is 29.1 Å². The van der Waals surface area contributed by atoms with Crippen molar-refractivity contribution in [1.82, 2.24) is 5.32 Å². The molecule has 1 aliphatic rings. The second-order valence-corrected chi connectivity index (χ2v) is 7.78. The Kier molecular flexibility index (Phi) is 6.36. The third-order valence-electron chi connectivity index (χ3n) is 4.51. The molecule has 3 rings (SSSR count). The van der Waals surface area contributed by atoms with Gasteiger partial charge in [0.15, 0.2) is 0 Å². The van der Waals surface area contributed by atoms with Gasteiger partial charge in [-0.3, -0.25) is 4.79 Å². The minimum atomic E-state index is 0.120. The summed E-state index contributed by atoms with van der Waals surface area (Å²) in [7, 11) is 0. The number of carbonyl (C=O) groups excluding carboxylic acids is 1. The van der Waals surface area contributed by atoms with Crippen molar-refractivity contribution in [3.63, 3.8) is 0 Å². The summed E-state index contributed by atoms with van der Waals surface area (Å²) in [4.78, 5) is 12.0. The van der Waals surface area contributed by atoms with E-state index in [0.29, 0.717) is 6.42 Å². The van der Waals surface area contributed by atoms with E-state index in [1.807, 2.05) is 30.0 Å². The van der Waals surface area contributed by atoms with Crippen LogP contribution in [0.3, 0.4) is 0 Å². The van der Waals surface area contributed by atoms with E-state index in [1.54, 1.807) is 0 Å². The Bertz CT molecular complexity index is 633. The lowest BCUT2D eigenvalue weighted by Crippen LogP contribution is -2.27. The van der Waals surface area contributed by atoms with Gasteiger partial charge in [-0.2, -0.15) is 11.8 Å². The molecule has 1 saturated carbocycles. The molecule has 1 N–H and O–H groups in total. The maximum atomic E-state index is 12.0. The first-order valence-corrected chi connectivity index (χ1v) is 9.89. The number of hydrogen-bond acceptors (Lipinski definition) is 2. The lowest BCUT2D eigenvalue weighted by atomic mass is 10.0. The highest BCUT2D eigenvalue weighted by molar-refractivity contribution is 7.99. The standard InChI is InChI=1S/C21H25NOS/c23-21(22-14-15-24-20-8-4-5-9-20)16-17-10-12-19(13-11-17)18-6-2-1-3-7-18/h1-3,6-7,10-13,20H,4-5,8-9,14-16H2,(H,22,23). The van der Waals surface area contributed by atoms with Gasteiger partial charge in [0.1, 0.15) is 0 Å². The molecule has 0 unspecified atom stereocenters. The number of rotatable bonds is 7. The van der Waals surface area contributed by atoms with Gasteiger partial charge in [-0.15, -0.1) is 0 Å². The van der Waals surface area contributed by atoms with Gasteiger partial charge in [0.05, 0.1) is 6.42 Å². The van der Waals surface area contributed by atoms with Crippen LogP contribution in [0.5, 0.6) is 0 Å². The molecule has 0 aliphatic heterocycles. The lowest BCUT2D eigenvalue weighted by molar-refractivity contribution is -0.120. The predicted molar refractivity (Wildman–Crippen MR) is 103 cm³/mol. The summed E-state index contributed by atoms with van der Waals surface area (Å²) in [5.74, 6) is 1.15. The van der Waals surface area contributed by atoms with Gasteiger partial charge in [0, 0.05) is 17.5 Å². The molecular formula is C21H25NOS. The van der Waals surface area contributed by atoms with Crippen molar-refractivity contribution in [2.75, 3.05) is 12.3 Å². The van der Waals surface area contributed by atoms with Crippen LogP contribution in [0.1, 0.15) is 31.2 Å². The molecule has 0 heterocycles. The molecule has 0 saturated heterocycles. The fourth-order valence-corrected chi connectivity index (χ4v) is 4.38. The zero-order chi connectivity index (χ0) is 16.6. The molecule has 2 nitrogen and oxygen atoms in total. The summed E-state index contributed by atoms with van der Waals surface area (Å²) in [5.41, 5.74) is 3.46. The molecule has 0 spiro atoms. The third-order valence-corrected chi connectivity index (χ3v) is 5.89. The van der Waals surface area contributed by atoms with Crippen LogP contribution >= 0.6 is 11.8 Å². The molecule has 1 aliphatic carbocycles. The molecule has 2 aromatic carbocycles. The van der Waals surface area contributed by atoms with E-state index in [0.717, 1.165) is 23.1 Å². The Morgan fingerprint density at radius 3 is 2.33 bits per heavy atom. The van der Waals surface area contributed by atoms with Gasteiger partial charge in [-0.25, -0.2) is 0 Å². The van der Waals surface area contributed by atoms with Gasteiger partial charge in [-0.05, 0) is 29.5 Å². The summed E-state index contributed by atoms with van der Waals surface area (Å²) >= 11 is 2.02. The van der Waals surface area contributed by atoms with Crippen LogP contribution in [0.4, 0.5) is 0 Å². The third kappa shape index (κ3) is 5.13. The van der Waals surface area contributed by atoms with Gasteiger partial charge < -0.3 is 5.32 Å². The van der Waals surface area contributed by atoms with E-state index in [1.165, 1.54) is 36.8 Å². The van der Waals surface area contributed by atoms with Crippen molar-refractivity contribution < 1.29 is 4.79 Å². The van der Waals surface area contributed by atoms with E-state index in [-0.39, 0.29) is 5.91 Å². The van der Waals surface area contributed by atoms with Crippen molar-refractivity contribution in [3.8, 4) is 11.1 Å². The normalized spacial score (nSPS) is 14.7. The van der Waals surface area contributed by atoms with Crippen LogP contribution in [0.15, 0.2) is 54.6 Å². The van der Waals surface area contributed by atoms with Gasteiger partial charge in [0.25, 0.3) is 0 Å². The summed E-state index contributed by atoms with van der Waals surface area (Å²) in [5, 5.41) is 3.87. The van der Waals surface area contributed by atoms with Gasteiger partial charge in [0.2, 0.25) is 5.91 Å². The first kappa shape index (κ1) is 17.1. The molecule has 0 radical (unpaired) electrons. The number of nitrogens with one attached hydrogen (secondary N) is 1. The van der Waals surface area contributed by atoms with Crippen molar-refractivity contribution in [1.29, 1.82) is 0 Å². The molecule has 0 bridgehead atoms. The second kappa shape index (κ2) is 8.93. The summed E-state index contributed by atoms with van der Waals surface area (Å²) in [6.07, 6.45) is 5.92. The first-order chi connectivity index (χ1) is 11.8. The smallest absolute Gasteiger partial charge is 0.224 e. The highest BCUT2D eigenvalue weighted by atomic mass is 32.2. The monoisotopic (exact) mass is 339 g/mol. The molecule has 1 amide bonds. The van der Waals surface area contributed by atoms with Gasteiger partial charge in [-0.1, -0.05) is 67.4 Å². The molecule has 126 valence electrons. The van der Waals surface area contributed by atoms with Crippen LogP contribution in [0.2, 0.25) is 0 Å². The highest BCUT2D eigenvalue weighted by Crippen LogP contribution is 2.28. The number of carbonyl (C=O) groups is 1. The van der Waals surface area contributed by atoms with Crippen LogP contribution < -0.4 is 5.32 Å². The SMILES string of the molecule is O=C(Cc1ccc(-c2ccccc2)cc1)NCCSC1CCCC1. The van der Waals surface area contributed by atoms with Crippen molar-refractivity contribution in [2.45, 2.75) is 37.4 Å². The van der Waals surface area contributed by atoms with Crippen molar-refractivity contribution >= 4 is 17.7 Å². The maximum Gasteiger partial charge on any atom is 0.224 e. The molecular weight excluding hydrogens is 314 g/mol. The average Bonchev–Trinajstić information content (AvgIpc) is 3.14. The molecule has 0 atom stereocenters. The Balaban J connectivity index is 1.41.